The van der Waals surface area contributed by atoms with Gasteiger partial charge in [-0.15, -0.1) is 0 Å². The van der Waals surface area contributed by atoms with Crippen LogP contribution >= 0.6 is 0 Å². The number of primary sulfonamides is 1. The lowest BCUT2D eigenvalue weighted by Crippen LogP contribution is -2.35. The lowest BCUT2D eigenvalue weighted by molar-refractivity contribution is -0.289. The van der Waals surface area contributed by atoms with Crippen LogP contribution in [0.5, 0.6) is 0 Å². The van der Waals surface area contributed by atoms with E-state index < -0.39 is 56.0 Å². The van der Waals surface area contributed by atoms with Crippen molar-refractivity contribution in [1.82, 2.24) is 0 Å². The quantitative estimate of drug-likeness (QED) is 0.666. The van der Waals surface area contributed by atoms with Crippen LogP contribution in [0.1, 0.15) is 15.9 Å². The number of ether oxygens (including phenoxy) is 1. The first kappa shape index (κ1) is 18.2. The topological polar surface area (TPSA) is 86.5 Å². The van der Waals surface area contributed by atoms with Crippen LogP contribution in [0, 0.1) is 5.82 Å². The van der Waals surface area contributed by atoms with Gasteiger partial charge < -0.3 is 4.74 Å². The maximum atomic E-state index is 13.5. The van der Waals surface area contributed by atoms with E-state index in [1.165, 1.54) is 0 Å². The number of hydrogen-bond acceptors (Lipinski definition) is 4. The zero-order valence-electron chi connectivity index (χ0n) is 10.5. The molecule has 0 saturated carbocycles. The highest BCUT2D eigenvalue weighted by atomic mass is 32.2. The zero-order valence-corrected chi connectivity index (χ0v) is 11.4. The van der Waals surface area contributed by atoms with Gasteiger partial charge in [0, 0.05) is 5.56 Å². The predicted octanol–water partition coefficient (Wildman–Crippen LogP) is 1.91. The van der Waals surface area contributed by atoms with E-state index in [1.54, 1.807) is 0 Å². The van der Waals surface area contributed by atoms with E-state index in [2.05, 4.69) is 9.88 Å². The molecule has 0 saturated heterocycles. The Kier molecular flexibility index (Phi) is 4.50. The summed E-state index contributed by atoms with van der Waals surface area (Å²) < 4.78 is 103. The van der Waals surface area contributed by atoms with Gasteiger partial charge in [-0.2, -0.15) is 22.0 Å². The molecule has 0 aliphatic carbocycles. The van der Waals surface area contributed by atoms with Crippen molar-refractivity contribution in [2.45, 2.75) is 17.0 Å². The molecule has 1 rings (SSSR count). The molecule has 2 N–H and O–H groups in total. The van der Waals surface area contributed by atoms with E-state index in [4.69, 9.17) is 0 Å². The molecule has 0 bridgehead atoms. The standard InChI is InChI=1S/C10H7F6NO4S/c1-21-8(18)4-2-7(22(17,19)20)6(11)3-5(4)9(12,13)10(14,15)16/h2-3H,1H3,(H2,17,19,20). The Balaban J connectivity index is 3.81. The van der Waals surface area contributed by atoms with E-state index >= 15 is 0 Å². The van der Waals surface area contributed by atoms with Crippen molar-refractivity contribution >= 4 is 16.0 Å². The summed E-state index contributed by atoms with van der Waals surface area (Å²) >= 11 is 0. The number of benzene rings is 1. The van der Waals surface area contributed by atoms with Gasteiger partial charge in [0.2, 0.25) is 10.0 Å². The van der Waals surface area contributed by atoms with Gasteiger partial charge in [-0.1, -0.05) is 0 Å². The number of carbonyl (C=O) groups excluding carboxylic acids is 1. The van der Waals surface area contributed by atoms with Crippen molar-refractivity contribution in [3.8, 4) is 0 Å². The smallest absolute Gasteiger partial charge is 0.458 e. The monoisotopic (exact) mass is 351 g/mol. The molecule has 0 spiro atoms. The summed E-state index contributed by atoms with van der Waals surface area (Å²) in [7, 11) is -4.15. The largest absolute Gasteiger partial charge is 0.465 e. The Hall–Kier alpha value is -1.82. The van der Waals surface area contributed by atoms with Gasteiger partial charge in [-0.3, -0.25) is 0 Å². The summed E-state index contributed by atoms with van der Waals surface area (Å²) in [5.74, 6) is -9.30. The molecule has 1 aromatic rings. The number of rotatable bonds is 3. The van der Waals surface area contributed by atoms with Crippen molar-refractivity contribution < 1.29 is 44.3 Å². The van der Waals surface area contributed by atoms with E-state index in [-0.39, 0.29) is 6.07 Å². The van der Waals surface area contributed by atoms with Crippen LogP contribution in [0.4, 0.5) is 26.3 Å². The molecular formula is C10H7F6NO4S. The van der Waals surface area contributed by atoms with Crippen molar-refractivity contribution in [1.29, 1.82) is 0 Å². The molecule has 0 unspecified atom stereocenters. The molecule has 124 valence electrons. The third-order valence-corrected chi connectivity index (χ3v) is 3.40. The normalized spacial score (nSPS) is 13.1. The number of esters is 1. The van der Waals surface area contributed by atoms with Crippen LogP contribution in [0.3, 0.4) is 0 Å². The van der Waals surface area contributed by atoms with Crippen LogP contribution in [-0.4, -0.2) is 27.7 Å². The van der Waals surface area contributed by atoms with Crippen molar-refractivity contribution in [2.75, 3.05) is 7.11 Å². The van der Waals surface area contributed by atoms with Gasteiger partial charge in [0.1, 0.15) is 10.7 Å². The maximum absolute atomic E-state index is 13.5. The fourth-order valence-electron chi connectivity index (χ4n) is 1.46. The molecule has 12 heteroatoms. The number of alkyl halides is 5. The number of sulfonamides is 1. The molecule has 0 aromatic heterocycles. The fourth-order valence-corrected chi connectivity index (χ4v) is 2.08. The van der Waals surface area contributed by atoms with Gasteiger partial charge >= 0.3 is 18.1 Å². The Morgan fingerprint density at radius 2 is 1.68 bits per heavy atom. The Morgan fingerprint density at radius 1 is 1.18 bits per heavy atom. The molecule has 1 aromatic carbocycles. The molecule has 0 amide bonds. The summed E-state index contributed by atoms with van der Waals surface area (Å²) in [6.45, 7) is 0. The van der Waals surface area contributed by atoms with Gasteiger partial charge in [0.25, 0.3) is 0 Å². The van der Waals surface area contributed by atoms with Crippen molar-refractivity contribution in [2.24, 2.45) is 5.14 Å². The molecular weight excluding hydrogens is 344 g/mol. The minimum atomic E-state index is -6.15. The Labute approximate surface area is 119 Å². The third-order valence-electron chi connectivity index (χ3n) is 2.48. The van der Waals surface area contributed by atoms with Crippen LogP contribution in [0.2, 0.25) is 0 Å². The van der Waals surface area contributed by atoms with Crippen LogP contribution < -0.4 is 5.14 Å². The highest BCUT2D eigenvalue weighted by molar-refractivity contribution is 7.89. The average molecular weight is 351 g/mol. The van der Waals surface area contributed by atoms with Gasteiger partial charge in [0.15, 0.2) is 0 Å². The molecule has 0 aliphatic heterocycles. The molecule has 0 radical (unpaired) electrons. The van der Waals surface area contributed by atoms with Gasteiger partial charge in [-0.25, -0.2) is 22.7 Å². The second-order valence-electron chi connectivity index (χ2n) is 3.94. The SMILES string of the molecule is COC(=O)c1cc(S(N)(=O)=O)c(F)cc1C(F)(F)C(F)(F)F. The lowest BCUT2D eigenvalue weighted by Gasteiger charge is -2.22. The highest BCUT2D eigenvalue weighted by Gasteiger charge is 2.60. The molecule has 0 atom stereocenters. The number of nitrogens with two attached hydrogens (primary N) is 1. The molecule has 0 fully saturated rings. The van der Waals surface area contributed by atoms with Gasteiger partial charge in [-0.05, 0) is 12.1 Å². The first-order valence-corrected chi connectivity index (χ1v) is 6.67. The summed E-state index contributed by atoms with van der Waals surface area (Å²) in [5, 5.41) is 4.58. The lowest BCUT2D eigenvalue weighted by atomic mass is 10.0. The number of hydrogen-bond donors (Lipinski definition) is 1. The summed E-state index contributed by atoms with van der Waals surface area (Å²) in [4.78, 5) is 9.90. The second-order valence-corrected chi connectivity index (χ2v) is 5.47. The summed E-state index contributed by atoms with van der Waals surface area (Å²) in [6, 6.07) is -0.453. The van der Waals surface area contributed by atoms with Crippen LogP contribution in [-0.2, 0) is 20.7 Å². The Bertz CT molecular complexity index is 713. The van der Waals surface area contributed by atoms with E-state index in [1.807, 2.05) is 0 Å². The molecule has 22 heavy (non-hydrogen) atoms. The third kappa shape index (κ3) is 3.16. The van der Waals surface area contributed by atoms with Crippen molar-refractivity contribution in [3.05, 3.63) is 29.1 Å². The van der Waals surface area contributed by atoms with Gasteiger partial charge in [0.05, 0.1) is 12.7 Å². The van der Waals surface area contributed by atoms with Crippen LogP contribution in [0.15, 0.2) is 17.0 Å². The van der Waals surface area contributed by atoms with E-state index in [0.29, 0.717) is 7.11 Å². The van der Waals surface area contributed by atoms with E-state index in [0.717, 1.165) is 0 Å². The fraction of sp³-hybridized carbons (Fsp3) is 0.300. The minimum absolute atomic E-state index is 0.0362. The molecule has 5 nitrogen and oxygen atoms in total. The number of carbonyl (C=O) groups is 1. The number of halogens is 6. The molecule has 0 aliphatic rings. The zero-order chi connectivity index (χ0) is 17.5. The minimum Gasteiger partial charge on any atom is -0.465 e. The maximum Gasteiger partial charge on any atom is 0.458 e. The second kappa shape index (κ2) is 5.43. The first-order chi connectivity index (χ1) is 9.73. The van der Waals surface area contributed by atoms with Crippen molar-refractivity contribution in [3.63, 3.8) is 0 Å². The number of methoxy groups -OCH3 is 1. The van der Waals surface area contributed by atoms with Crippen LogP contribution in [0.25, 0.3) is 0 Å². The highest BCUT2D eigenvalue weighted by Crippen LogP contribution is 2.45. The van der Waals surface area contributed by atoms with E-state index in [9.17, 15) is 39.6 Å². The average Bonchev–Trinajstić information content (AvgIpc) is 2.34. The Morgan fingerprint density at radius 3 is 2.05 bits per heavy atom. The summed E-state index contributed by atoms with van der Waals surface area (Å²) in [5.41, 5.74) is -3.56. The first-order valence-electron chi connectivity index (χ1n) is 5.13. The summed E-state index contributed by atoms with van der Waals surface area (Å²) in [6.07, 6.45) is -6.15. The molecule has 0 heterocycles. The predicted molar refractivity (Wildman–Crippen MR) is 59.1 cm³/mol.